The number of nitrogens with zero attached hydrogens (tertiary/aromatic N) is 2. The van der Waals surface area contributed by atoms with Crippen LogP contribution in [0.25, 0.3) is 11.1 Å². The highest BCUT2D eigenvalue weighted by Crippen LogP contribution is 2.38. The largest absolute Gasteiger partial charge is 0.507 e. The minimum Gasteiger partial charge on any atom is -0.507 e. The van der Waals surface area contributed by atoms with Crippen molar-refractivity contribution in [1.29, 1.82) is 0 Å². The maximum Gasteiger partial charge on any atom is 0.123 e. The topological polar surface area (TPSA) is 26.7 Å². The summed E-state index contributed by atoms with van der Waals surface area (Å²) in [6.45, 7) is 17.8. The number of aromatic hydroxyl groups is 1. The van der Waals surface area contributed by atoms with E-state index in [1.54, 1.807) is 0 Å². The number of hydrogen-bond donors (Lipinski definition) is 1. The fraction of sp³-hybridized carbons (Fsp3) is 0.613. The molecule has 2 rings (SSSR count). The zero-order chi connectivity index (χ0) is 24.8. The van der Waals surface area contributed by atoms with Gasteiger partial charge < -0.3 is 14.9 Å². The molecule has 0 aromatic heterocycles. The van der Waals surface area contributed by atoms with Crippen molar-refractivity contribution in [2.24, 2.45) is 0 Å². The van der Waals surface area contributed by atoms with Gasteiger partial charge in [0.15, 0.2) is 0 Å². The van der Waals surface area contributed by atoms with Gasteiger partial charge in [0.05, 0.1) is 0 Å². The summed E-state index contributed by atoms with van der Waals surface area (Å²) in [4.78, 5) is 5.19. The van der Waals surface area contributed by atoms with E-state index >= 15 is 0 Å². The lowest BCUT2D eigenvalue weighted by molar-refractivity contribution is 0.150. The molecule has 198 valence electrons. The van der Waals surface area contributed by atoms with Crippen LogP contribution in [0.4, 0.5) is 0 Å². The fourth-order valence-corrected chi connectivity index (χ4v) is 5.24. The summed E-state index contributed by atoms with van der Waals surface area (Å²) in [6.07, 6.45) is 9.09. The molecular weight excluding hydrogens is 452 g/mol. The normalized spacial score (nSPS) is 11.7. The molecule has 0 saturated heterocycles. The number of halogens is 1. The molecule has 1 N–H and O–H groups in total. The van der Waals surface area contributed by atoms with Crippen LogP contribution in [-0.4, -0.2) is 54.2 Å². The lowest BCUT2D eigenvalue weighted by Gasteiger charge is -2.42. The molecule has 0 fully saturated rings. The minimum atomic E-state index is 0. The maximum absolute atomic E-state index is 10.8. The van der Waals surface area contributed by atoms with E-state index < -0.39 is 0 Å². The number of likely N-dealkylation sites (N-methyl/N-ethyl adjacent to an activating group) is 2. The van der Waals surface area contributed by atoms with Crippen molar-refractivity contribution in [1.82, 2.24) is 9.80 Å². The van der Waals surface area contributed by atoms with Crippen LogP contribution < -0.4 is 0 Å². The first-order chi connectivity index (χ1) is 16.5. The second-order valence-electron chi connectivity index (χ2n) is 9.82. The highest BCUT2D eigenvalue weighted by Gasteiger charge is 2.35. The second-order valence-corrected chi connectivity index (χ2v) is 9.82. The van der Waals surface area contributed by atoms with Crippen LogP contribution in [0.3, 0.4) is 0 Å². The van der Waals surface area contributed by atoms with E-state index in [4.69, 9.17) is 0 Å². The molecular formula is C31H51ClN2O. The van der Waals surface area contributed by atoms with Crippen LogP contribution in [0.2, 0.25) is 0 Å². The van der Waals surface area contributed by atoms with Gasteiger partial charge in [0.1, 0.15) is 5.75 Å². The van der Waals surface area contributed by atoms with E-state index in [9.17, 15) is 5.11 Å². The Morgan fingerprint density at radius 2 is 1.23 bits per heavy atom. The molecule has 3 nitrogen and oxygen atoms in total. The standard InChI is InChI=1S/C31H50N2O.ClH/c1-6-11-12-13-14-18-23-31(25-32(7-2)8-3,26-33(9-4)10-5)28-21-22-30(34)29(24-28)27-19-16-15-17-20-27;/h15-17,19-22,24,34H,6-14,18,23,25-26H2,1-5H3;1H. The smallest absolute Gasteiger partial charge is 0.123 e. The highest BCUT2D eigenvalue weighted by molar-refractivity contribution is 5.85. The van der Waals surface area contributed by atoms with Gasteiger partial charge in [-0.15, -0.1) is 12.4 Å². The van der Waals surface area contributed by atoms with Gasteiger partial charge in [-0.25, -0.2) is 0 Å². The summed E-state index contributed by atoms with van der Waals surface area (Å²) in [5.74, 6) is 0.370. The van der Waals surface area contributed by atoms with Crippen LogP contribution in [0.5, 0.6) is 5.75 Å². The molecule has 0 bridgehead atoms. The van der Waals surface area contributed by atoms with Gasteiger partial charge in [-0.2, -0.15) is 0 Å². The summed E-state index contributed by atoms with van der Waals surface area (Å²) in [5.41, 5.74) is 3.45. The van der Waals surface area contributed by atoms with Gasteiger partial charge in [-0.3, -0.25) is 0 Å². The average Bonchev–Trinajstić information content (AvgIpc) is 2.88. The summed E-state index contributed by atoms with van der Waals surface area (Å²) in [5, 5.41) is 10.8. The van der Waals surface area contributed by atoms with E-state index in [-0.39, 0.29) is 17.8 Å². The van der Waals surface area contributed by atoms with Crippen molar-refractivity contribution in [3.05, 3.63) is 54.1 Å². The second kappa shape index (κ2) is 17.0. The predicted molar refractivity (Wildman–Crippen MR) is 156 cm³/mol. The zero-order valence-electron chi connectivity index (χ0n) is 23.1. The Morgan fingerprint density at radius 3 is 1.77 bits per heavy atom. The molecule has 0 unspecified atom stereocenters. The van der Waals surface area contributed by atoms with Gasteiger partial charge in [-0.05, 0) is 55.9 Å². The number of rotatable bonds is 17. The van der Waals surface area contributed by atoms with E-state index in [0.29, 0.717) is 5.75 Å². The number of benzene rings is 2. The summed E-state index contributed by atoms with van der Waals surface area (Å²) in [6, 6.07) is 16.8. The fourth-order valence-electron chi connectivity index (χ4n) is 5.24. The molecule has 4 heteroatoms. The first-order valence-corrected chi connectivity index (χ1v) is 13.9. The summed E-state index contributed by atoms with van der Waals surface area (Å²) in [7, 11) is 0. The van der Waals surface area contributed by atoms with Gasteiger partial charge in [0.2, 0.25) is 0 Å². The van der Waals surface area contributed by atoms with Crippen molar-refractivity contribution in [2.45, 2.75) is 85.0 Å². The van der Waals surface area contributed by atoms with Gasteiger partial charge in [0.25, 0.3) is 0 Å². The Bertz CT molecular complexity index is 789. The van der Waals surface area contributed by atoms with Gasteiger partial charge in [-0.1, -0.05) is 110 Å². The zero-order valence-corrected chi connectivity index (χ0v) is 23.9. The summed E-state index contributed by atoms with van der Waals surface area (Å²) < 4.78 is 0. The molecule has 0 aliphatic heterocycles. The molecule has 2 aromatic carbocycles. The molecule has 35 heavy (non-hydrogen) atoms. The van der Waals surface area contributed by atoms with Crippen molar-refractivity contribution in [3.8, 4) is 16.9 Å². The monoisotopic (exact) mass is 502 g/mol. The third-order valence-corrected chi connectivity index (χ3v) is 7.54. The van der Waals surface area contributed by atoms with Crippen molar-refractivity contribution in [2.75, 3.05) is 39.3 Å². The Kier molecular flexibility index (Phi) is 15.3. The molecule has 0 aliphatic carbocycles. The Morgan fingerprint density at radius 1 is 0.686 bits per heavy atom. The lowest BCUT2D eigenvalue weighted by atomic mass is 9.74. The molecule has 0 heterocycles. The van der Waals surface area contributed by atoms with Crippen molar-refractivity contribution < 1.29 is 5.11 Å². The van der Waals surface area contributed by atoms with Crippen LogP contribution in [0.1, 0.15) is 85.1 Å². The van der Waals surface area contributed by atoms with Crippen molar-refractivity contribution in [3.63, 3.8) is 0 Å². The predicted octanol–water partition coefficient (Wildman–Crippen LogP) is 8.15. The molecule has 0 amide bonds. The number of phenols is 1. The van der Waals surface area contributed by atoms with Gasteiger partial charge >= 0.3 is 0 Å². The number of hydrogen-bond acceptors (Lipinski definition) is 3. The first kappa shape index (κ1) is 31.5. The molecule has 0 aliphatic rings. The highest BCUT2D eigenvalue weighted by atomic mass is 35.5. The quantitative estimate of drug-likeness (QED) is 0.221. The van der Waals surface area contributed by atoms with Crippen LogP contribution >= 0.6 is 12.4 Å². The van der Waals surface area contributed by atoms with E-state index in [2.05, 4.69) is 80.8 Å². The van der Waals surface area contributed by atoms with Crippen LogP contribution in [-0.2, 0) is 5.41 Å². The third-order valence-electron chi connectivity index (χ3n) is 7.54. The first-order valence-electron chi connectivity index (χ1n) is 13.9. The van der Waals surface area contributed by atoms with Gasteiger partial charge in [0, 0.05) is 24.1 Å². The molecule has 0 radical (unpaired) electrons. The Hall–Kier alpha value is -1.55. The minimum absolute atomic E-state index is 0. The number of unbranched alkanes of at least 4 members (excludes halogenated alkanes) is 5. The van der Waals surface area contributed by atoms with Crippen molar-refractivity contribution >= 4 is 12.4 Å². The number of phenolic OH excluding ortho intramolecular Hbond substituents is 1. The third kappa shape index (κ3) is 9.44. The maximum atomic E-state index is 10.8. The van der Waals surface area contributed by atoms with E-state index in [0.717, 1.165) is 50.4 Å². The Balaban J connectivity index is 0.00000612. The van der Waals surface area contributed by atoms with E-state index in [1.807, 2.05) is 12.1 Å². The lowest BCUT2D eigenvalue weighted by Crippen LogP contribution is -2.49. The van der Waals surface area contributed by atoms with Crippen LogP contribution in [0.15, 0.2) is 48.5 Å². The SMILES string of the molecule is CCCCCCCCC(CN(CC)CC)(CN(CC)CC)c1ccc(O)c(-c2ccccc2)c1.Cl. The summed E-state index contributed by atoms with van der Waals surface area (Å²) >= 11 is 0. The molecule has 0 saturated carbocycles. The average molecular weight is 503 g/mol. The molecule has 2 aromatic rings. The van der Waals surface area contributed by atoms with Crippen LogP contribution in [0, 0.1) is 0 Å². The van der Waals surface area contributed by atoms with E-state index in [1.165, 1.54) is 50.5 Å². The molecule has 0 spiro atoms. The Labute approximate surface area is 222 Å². The molecule has 0 atom stereocenters.